The lowest BCUT2D eigenvalue weighted by molar-refractivity contribution is -0.131. The van der Waals surface area contributed by atoms with Gasteiger partial charge in [0.1, 0.15) is 11.4 Å². The molecule has 4 rings (SSSR count). The fourth-order valence-corrected chi connectivity index (χ4v) is 3.60. The number of hydrogen-bond donors (Lipinski definition) is 1. The summed E-state index contributed by atoms with van der Waals surface area (Å²) in [5.41, 5.74) is -0.328. The summed E-state index contributed by atoms with van der Waals surface area (Å²) in [5.74, 6) is -0.126. The maximum absolute atomic E-state index is 12.6. The van der Waals surface area contributed by atoms with E-state index in [2.05, 4.69) is 10.3 Å². The van der Waals surface area contributed by atoms with E-state index in [-0.39, 0.29) is 24.2 Å². The first-order valence-electron chi connectivity index (χ1n) is 8.57. The fourth-order valence-electron chi connectivity index (χ4n) is 3.60. The van der Waals surface area contributed by atoms with Crippen molar-refractivity contribution in [1.29, 1.82) is 5.26 Å². The zero-order valence-corrected chi connectivity index (χ0v) is 13.8. The maximum Gasteiger partial charge on any atom is 0.272 e. The number of rotatable bonds is 1. The molecule has 1 aromatic rings. The zero-order valence-electron chi connectivity index (χ0n) is 13.8. The fraction of sp³-hybridized carbons (Fsp3) is 0.529. The van der Waals surface area contributed by atoms with Gasteiger partial charge in [0.25, 0.3) is 11.8 Å². The lowest BCUT2D eigenvalue weighted by Gasteiger charge is -2.33. The molecule has 1 spiro atoms. The molecule has 1 unspecified atom stereocenters. The normalized spacial score (nSPS) is 25.2. The van der Waals surface area contributed by atoms with Gasteiger partial charge in [0.2, 0.25) is 11.5 Å². The van der Waals surface area contributed by atoms with E-state index >= 15 is 0 Å². The summed E-state index contributed by atoms with van der Waals surface area (Å²) >= 11 is 0. The van der Waals surface area contributed by atoms with Crippen LogP contribution in [0.15, 0.2) is 12.1 Å². The second kappa shape index (κ2) is 5.92. The van der Waals surface area contributed by atoms with Crippen molar-refractivity contribution in [3.05, 3.63) is 17.8 Å². The predicted octanol–water partition coefficient (Wildman–Crippen LogP) is 0.964. The summed E-state index contributed by atoms with van der Waals surface area (Å²) in [6.45, 7) is 2.15. The van der Waals surface area contributed by atoms with E-state index in [1.54, 1.807) is 12.1 Å². The van der Waals surface area contributed by atoms with Gasteiger partial charge in [-0.05, 0) is 31.4 Å². The minimum absolute atomic E-state index is 0.109. The van der Waals surface area contributed by atoms with Gasteiger partial charge in [0, 0.05) is 26.1 Å². The van der Waals surface area contributed by atoms with Crippen LogP contribution in [0.4, 0.5) is 5.69 Å². The number of piperidine rings is 1. The summed E-state index contributed by atoms with van der Waals surface area (Å²) in [4.78, 5) is 32.7. The first kappa shape index (κ1) is 15.7. The first-order chi connectivity index (χ1) is 12.1. The van der Waals surface area contributed by atoms with Gasteiger partial charge in [-0.15, -0.1) is 0 Å². The topological polar surface area (TPSA) is 98.6 Å². The predicted molar refractivity (Wildman–Crippen MR) is 87.8 cm³/mol. The summed E-state index contributed by atoms with van der Waals surface area (Å²) in [7, 11) is 0. The molecule has 3 aliphatic rings. The number of amides is 2. The molecule has 2 fully saturated rings. The van der Waals surface area contributed by atoms with Gasteiger partial charge in [-0.25, -0.2) is 4.98 Å². The standard InChI is InChI=1S/C17H19N5O3/c18-11-21-9-6-17(10-21)16(24)20-12-4-5-13(19-14(12)25-17)15(23)22-7-2-1-3-8-22/h4-5H,1-3,6-10H2,(H,20,24). The Bertz CT molecular complexity index is 768. The molecule has 25 heavy (non-hydrogen) atoms. The summed E-state index contributed by atoms with van der Waals surface area (Å²) < 4.78 is 5.92. The van der Waals surface area contributed by atoms with Crippen molar-refractivity contribution in [3.63, 3.8) is 0 Å². The van der Waals surface area contributed by atoms with Crippen molar-refractivity contribution >= 4 is 17.5 Å². The van der Waals surface area contributed by atoms with E-state index < -0.39 is 5.60 Å². The Morgan fingerprint density at radius 2 is 2.08 bits per heavy atom. The molecule has 0 bridgehead atoms. The highest BCUT2D eigenvalue weighted by molar-refractivity contribution is 6.01. The monoisotopic (exact) mass is 341 g/mol. The SMILES string of the molecule is N#CN1CCC2(C1)Oc1nc(C(=O)N3CCCCC3)ccc1NC2=O. The van der Waals surface area contributed by atoms with Crippen molar-refractivity contribution in [2.45, 2.75) is 31.3 Å². The number of aromatic nitrogens is 1. The molecule has 1 atom stereocenters. The molecule has 0 aromatic carbocycles. The van der Waals surface area contributed by atoms with Crippen LogP contribution < -0.4 is 10.1 Å². The third-order valence-electron chi connectivity index (χ3n) is 5.05. The number of nitrogens with one attached hydrogen (secondary N) is 1. The van der Waals surface area contributed by atoms with Crippen molar-refractivity contribution < 1.29 is 14.3 Å². The summed E-state index contributed by atoms with van der Waals surface area (Å²) in [5, 5.41) is 11.8. The molecule has 2 saturated heterocycles. The van der Waals surface area contributed by atoms with Crippen LogP contribution in [0.1, 0.15) is 36.2 Å². The molecule has 8 nitrogen and oxygen atoms in total. The molecule has 130 valence electrons. The van der Waals surface area contributed by atoms with Gasteiger partial charge in [-0.1, -0.05) is 0 Å². The van der Waals surface area contributed by atoms with Crippen molar-refractivity contribution in [2.24, 2.45) is 0 Å². The van der Waals surface area contributed by atoms with Crippen LogP contribution in [-0.2, 0) is 4.79 Å². The van der Waals surface area contributed by atoms with E-state index in [9.17, 15) is 9.59 Å². The average molecular weight is 341 g/mol. The highest BCUT2D eigenvalue weighted by Gasteiger charge is 2.50. The van der Waals surface area contributed by atoms with Crippen LogP contribution >= 0.6 is 0 Å². The quantitative estimate of drug-likeness (QED) is 0.764. The molecular formula is C17H19N5O3. The van der Waals surface area contributed by atoms with E-state index in [0.717, 1.165) is 32.4 Å². The van der Waals surface area contributed by atoms with Gasteiger partial charge in [0.15, 0.2) is 6.19 Å². The number of likely N-dealkylation sites (tertiary alicyclic amines) is 2. The van der Waals surface area contributed by atoms with E-state index in [1.807, 2.05) is 11.1 Å². The van der Waals surface area contributed by atoms with Gasteiger partial charge >= 0.3 is 0 Å². The van der Waals surface area contributed by atoms with E-state index in [4.69, 9.17) is 10.00 Å². The Balaban J connectivity index is 1.59. The average Bonchev–Trinajstić information content (AvgIpc) is 3.07. The number of anilines is 1. The van der Waals surface area contributed by atoms with Gasteiger partial charge in [0.05, 0.1) is 6.54 Å². The molecule has 3 aliphatic heterocycles. The molecule has 0 radical (unpaired) electrons. The van der Waals surface area contributed by atoms with Gasteiger partial charge < -0.3 is 19.9 Å². The minimum Gasteiger partial charge on any atom is -0.457 e. The smallest absolute Gasteiger partial charge is 0.272 e. The number of carbonyl (C=O) groups excluding carboxylic acids is 2. The molecule has 4 heterocycles. The van der Waals surface area contributed by atoms with Crippen LogP contribution in [-0.4, -0.2) is 58.4 Å². The second-order valence-corrected chi connectivity index (χ2v) is 6.72. The number of hydrogen-bond acceptors (Lipinski definition) is 6. The number of ether oxygens (including phenoxy) is 1. The molecule has 1 N–H and O–H groups in total. The van der Waals surface area contributed by atoms with Crippen LogP contribution in [0.3, 0.4) is 0 Å². The minimum atomic E-state index is -1.11. The van der Waals surface area contributed by atoms with Crippen molar-refractivity contribution in [1.82, 2.24) is 14.8 Å². The van der Waals surface area contributed by atoms with Crippen molar-refractivity contribution in [2.75, 3.05) is 31.5 Å². The summed E-state index contributed by atoms with van der Waals surface area (Å²) in [6, 6.07) is 3.27. The molecule has 8 heteroatoms. The number of carbonyl (C=O) groups is 2. The number of fused-ring (bicyclic) bond motifs is 1. The van der Waals surface area contributed by atoms with E-state index in [1.165, 1.54) is 4.90 Å². The van der Waals surface area contributed by atoms with Crippen LogP contribution in [0.5, 0.6) is 5.88 Å². The number of pyridine rings is 1. The lowest BCUT2D eigenvalue weighted by Crippen LogP contribution is -2.52. The van der Waals surface area contributed by atoms with Gasteiger partial charge in [-0.2, -0.15) is 5.26 Å². The molecular weight excluding hydrogens is 322 g/mol. The van der Waals surface area contributed by atoms with Crippen LogP contribution in [0.25, 0.3) is 0 Å². The highest BCUT2D eigenvalue weighted by Crippen LogP contribution is 2.37. The molecule has 0 saturated carbocycles. The van der Waals surface area contributed by atoms with Crippen LogP contribution in [0, 0.1) is 11.5 Å². The second-order valence-electron chi connectivity index (χ2n) is 6.72. The Labute approximate surface area is 145 Å². The highest BCUT2D eigenvalue weighted by atomic mass is 16.5. The van der Waals surface area contributed by atoms with Crippen molar-refractivity contribution in [3.8, 4) is 12.1 Å². The van der Waals surface area contributed by atoms with Crippen LogP contribution in [0.2, 0.25) is 0 Å². The Hall–Kier alpha value is -2.82. The van der Waals surface area contributed by atoms with Gasteiger partial charge in [-0.3, -0.25) is 9.59 Å². The number of nitrogens with zero attached hydrogens (tertiary/aromatic N) is 4. The third kappa shape index (κ3) is 2.65. The lowest BCUT2D eigenvalue weighted by atomic mass is 10.00. The Morgan fingerprint density at radius 1 is 1.28 bits per heavy atom. The third-order valence-corrected chi connectivity index (χ3v) is 5.05. The first-order valence-corrected chi connectivity index (χ1v) is 8.57. The largest absolute Gasteiger partial charge is 0.457 e. The summed E-state index contributed by atoms with van der Waals surface area (Å²) in [6.07, 6.45) is 5.63. The number of nitriles is 1. The molecule has 2 amide bonds. The Morgan fingerprint density at radius 3 is 2.80 bits per heavy atom. The molecule has 0 aliphatic carbocycles. The Kier molecular flexibility index (Phi) is 3.71. The maximum atomic E-state index is 12.6. The zero-order chi connectivity index (χ0) is 17.4. The van der Waals surface area contributed by atoms with E-state index in [0.29, 0.717) is 24.3 Å². The molecule has 1 aromatic heterocycles.